The molecule has 1 N–H and O–H groups in total. The van der Waals surface area contributed by atoms with E-state index in [9.17, 15) is 9.18 Å². The molecule has 2 aromatic rings. The molecule has 1 aliphatic rings. The molecule has 0 unspecified atom stereocenters. The number of halogens is 1. The number of hydrogen-bond acceptors (Lipinski definition) is 3. The first kappa shape index (κ1) is 17.6. The number of hydrogen-bond donors (Lipinski definition) is 1. The minimum Gasteiger partial charge on any atom is -0.352 e. The highest BCUT2D eigenvalue weighted by atomic mass is 19.1. The topological polar surface area (TPSA) is 50.2 Å². The molecule has 0 radical (unpaired) electrons. The summed E-state index contributed by atoms with van der Waals surface area (Å²) in [5.74, 6) is -0.110. The van der Waals surface area contributed by atoms with E-state index in [-0.39, 0.29) is 23.7 Å². The van der Waals surface area contributed by atoms with E-state index < -0.39 is 0 Å². The minimum absolute atomic E-state index is 0.00690. The number of carbonyl (C=O) groups excluding carboxylic acids is 1. The number of piperidine rings is 1. The Morgan fingerprint density at radius 3 is 3.12 bits per heavy atom. The molecule has 2 atom stereocenters. The third-order valence-corrected chi connectivity index (χ3v) is 4.60. The lowest BCUT2D eigenvalue weighted by Gasteiger charge is -2.32. The van der Waals surface area contributed by atoms with Crippen molar-refractivity contribution in [2.45, 2.75) is 38.9 Å². The second-order valence-electron chi connectivity index (χ2n) is 6.87. The van der Waals surface area contributed by atoms with Gasteiger partial charge in [0.15, 0.2) is 0 Å². The van der Waals surface area contributed by atoms with Gasteiger partial charge < -0.3 is 9.88 Å². The van der Waals surface area contributed by atoms with Crippen molar-refractivity contribution in [2.24, 2.45) is 5.92 Å². The second-order valence-corrected chi connectivity index (χ2v) is 6.87. The summed E-state index contributed by atoms with van der Waals surface area (Å²) in [6.45, 7) is 5.08. The molecule has 0 saturated carbocycles. The van der Waals surface area contributed by atoms with Crippen LogP contribution in [0.2, 0.25) is 0 Å². The predicted octanol–water partition coefficient (Wildman–Crippen LogP) is 2.44. The maximum Gasteiger partial charge on any atom is 0.224 e. The van der Waals surface area contributed by atoms with Crippen molar-refractivity contribution in [2.75, 3.05) is 13.1 Å². The van der Waals surface area contributed by atoms with Gasteiger partial charge in [-0.1, -0.05) is 12.1 Å². The third kappa shape index (κ3) is 5.13. The second kappa shape index (κ2) is 8.25. The summed E-state index contributed by atoms with van der Waals surface area (Å²) in [7, 11) is 0. The summed E-state index contributed by atoms with van der Waals surface area (Å²) >= 11 is 0. The molecule has 1 aliphatic heterocycles. The Bertz CT molecular complexity index is 688. The van der Waals surface area contributed by atoms with Crippen LogP contribution < -0.4 is 5.32 Å². The van der Waals surface area contributed by atoms with Gasteiger partial charge in [0.1, 0.15) is 5.82 Å². The van der Waals surface area contributed by atoms with Gasteiger partial charge in [-0.3, -0.25) is 9.69 Å². The SMILES string of the molecule is C[C@@H](Cn1ccnc1)NC(=O)[C@H]1CCCN(Cc2cccc(F)c2)C1. The summed E-state index contributed by atoms with van der Waals surface area (Å²) in [5.41, 5.74) is 0.953. The molecule has 0 aliphatic carbocycles. The van der Waals surface area contributed by atoms with Crippen molar-refractivity contribution in [3.05, 3.63) is 54.4 Å². The lowest BCUT2D eigenvalue weighted by molar-refractivity contribution is -0.127. The van der Waals surface area contributed by atoms with Crippen molar-refractivity contribution in [3.8, 4) is 0 Å². The molecule has 3 rings (SSSR count). The highest BCUT2D eigenvalue weighted by Gasteiger charge is 2.26. The predicted molar refractivity (Wildman–Crippen MR) is 94.2 cm³/mol. The molecule has 6 heteroatoms. The highest BCUT2D eigenvalue weighted by Crippen LogP contribution is 2.19. The van der Waals surface area contributed by atoms with E-state index in [4.69, 9.17) is 0 Å². The Hall–Kier alpha value is -2.21. The van der Waals surface area contributed by atoms with Crippen LogP contribution in [0.1, 0.15) is 25.3 Å². The van der Waals surface area contributed by atoms with Crippen molar-refractivity contribution >= 4 is 5.91 Å². The number of benzene rings is 1. The number of likely N-dealkylation sites (tertiary alicyclic amines) is 1. The van der Waals surface area contributed by atoms with Gasteiger partial charge in [-0.05, 0) is 44.0 Å². The van der Waals surface area contributed by atoms with Gasteiger partial charge in [0.05, 0.1) is 12.2 Å². The highest BCUT2D eigenvalue weighted by molar-refractivity contribution is 5.79. The number of imidazole rings is 1. The van der Waals surface area contributed by atoms with Crippen LogP contribution in [0.4, 0.5) is 4.39 Å². The molecular weight excluding hydrogens is 319 g/mol. The molecule has 1 saturated heterocycles. The molecule has 0 spiro atoms. The van der Waals surface area contributed by atoms with E-state index in [0.29, 0.717) is 13.1 Å². The van der Waals surface area contributed by atoms with E-state index in [2.05, 4.69) is 15.2 Å². The first-order valence-electron chi connectivity index (χ1n) is 8.83. The van der Waals surface area contributed by atoms with E-state index in [1.54, 1.807) is 24.7 Å². The summed E-state index contributed by atoms with van der Waals surface area (Å²) in [4.78, 5) is 18.8. The average Bonchev–Trinajstić information content (AvgIpc) is 3.08. The number of rotatable bonds is 6. The number of amides is 1. The minimum atomic E-state index is -0.211. The number of carbonyl (C=O) groups is 1. The molecule has 1 aromatic carbocycles. The van der Waals surface area contributed by atoms with E-state index in [1.807, 2.05) is 23.8 Å². The van der Waals surface area contributed by atoms with Crippen molar-refractivity contribution < 1.29 is 9.18 Å². The van der Waals surface area contributed by atoms with Gasteiger partial charge in [-0.25, -0.2) is 9.37 Å². The molecule has 1 aromatic heterocycles. The fraction of sp³-hybridized carbons (Fsp3) is 0.474. The lowest BCUT2D eigenvalue weighted by Crippen LogP contribution is -2.45. The molecular formula is C19H25FN4O. The first-order chi connectivity index (χ1) is 12.1. The summed E-state index contributed by atoms with van der Waals surface area (Å²) < 4.78 is 15.3. The van der Waals surface area contributed by atoms with Crippen LogP contribution in [-0.4, -0.2) is 39.5 Å². The van der Waals surface area contributed by atoms with Crippen LogP contribution in [-0.2, 0) is 17.9 Å². The van der Waals surface area contributed by atoms with Gasteiger partial charge in [0.25, 0.3) is 0 Å². The molecule has 134 valence electrons. The summed E-state index contributed by atoms with van der Waals surface area (Å²) in [6.07, 6.45) is 7.28. The Labute approximate surface area is 147 Å². The fourth-order valence-electron chi connectivity index (χ4n) is 3.42. The molecule has 0 bridgehead atoms. The lowest BCUT2D eigenvalue weighted by atomic mass is 9.96. The van der Waals surface area contributed by atoms with Crippen LogP contribution in [0.5, 0.6) is 0 Å². The fourth-order valence-corrected chi connectivity index (χ4v) is 3.42. The van der Waals surface area contributed by atoms with Crippen molar-refractivity contribution in [3.63, 3.8) is 0 Å². The van der Waals surface area contributed by atoms with Gasteiger partial charge >= 0.3 is 0 Å². The molecule has 1 fully saturated rings. The Balaban J connectivity index is 1.50. The average molecular weight is 344 g/mol. The number of nitrogens with one attached hydrogen (secondary N) is 1. The molecule has 1 amide bonds. The maximum atomic E-state index is 13.3. The Morgan fingerprint density at radius 2 is 2.36 bits per heavy atom. The number of nitrogens with zero attached hydrogens (tertiary/aromatic N) is 3. The van der Waals surface area contributed by atoms with Crippen molar-refractivity contribution in [1.29, 1.82) is 0 Å². The first-order valence-corrected chi connectivity index (χ1v) is 8.83. The zero-order valence-corrected chi connectivity index (χ0v) is 14.6. The van der Waals surface area contributed by atoms with Crippen LogP contribution >= 0.6 is 0 Å². The van der Waals surface area contributed by atoms with Gasteiger partial charge in [0, 0.05) is 38.1 Å². The van der Waals surface area contributed by atoms with E-state index >= 15 is 0 Å². The van der Waals surface area contributed by atoms with E-state index in [1.165, 1.54) is 6.07 Å². The van der Waals surface area contributed by atoms with Crippen LogP contribution in [0.25, 0.3) is 0 Å². The normalized spacial score (nSPS) is 19.5. The van der Waals surface area contributed by atoms with Gasteiger partial charge in [-0.2, -0.15) is 0 Å². The monoisotopic (exact) mass is 344 g/mol. The summed E-state index contributed by atoms with van der Waals surface area (Å²) in [5, 5.41) is 3.11. The quantitative estimate of drug-likeness (QED) is 0.876. The molecule has 25 heavy (non-hydrogen) atoms. The zero-order valence-electron chi connectivity index (χ0n) is 14.6. The van der Waals surface area contributed by atoms with Crippen LogP contribution in [0, 0.1) is 11.7 Å². The van der Waals surface area contributed by atoms with Crippen LogP contribution in [0.3, 0.4) is 0 Å². The third-order valence-electron chi connectivity index (χ3n) is 4.60. The Kier molecular flexibility index (Phi) is 5.81. The summed E-state index contributed by atoms with van der Waals surface area (Å²) in [6, 6.07) is 6.74. The number of aromatic nitrogens is 2. The van der Waals surface area contributed by atoms with Crippen LogP contribution in [0.15, 0.2) is 43.0 Å². The molecule has 5 nitrogen and oxygen atoms in total. The molecule has 2 heterocycles. The van der Waals surface area contributed by atoms with Gasteiger partial charge in [0.2, 0.25) is 5.91 Å². The van der Waals surface area contributed by atoms with E-state index in [0.717, 1.165) is 31.5 Å². The van der Waals surface area contributed by atoms with Gasteiger partial charge in [-0.15, -0.1) is 0 Å². The Morgan fingerprint density at radius 1 is 1.48 bits per heavy atom. The maximum absolute atomic E-state index is 13.3. The largest absolute Gasteiger partial charge is 0.352 e. The zero-order chi connectivity index (χ0) is 17.6. The van der Waals surface area contributed by atoms with Crippen molar-refractivity contribution in [1.82, 2.24) is 19.8 Å². The smallest absolute Gasteiger partial charge is 0.224 e. The standard InChI is InChI=1S/C19H25FN4O/c1-15(11-24-9-7-21-14-24)22-19(25)17-5-3-8-23(13-17)12-16-4-2-6-18(20)10-16/h2,4,6-7,9-10,14-15,17H,3,5,8,11-13H2,1H3,(H,22,25)/t15-,17-/m0/s1.